The van der Waals surface area contributed by atoms with E-state index in [-0.39, 0.29) is 11.5 Å². The summed E-state index contributed by atoms with van der Waals surface area (Å²) >= 11 is 0. The summed E-state index contributed by atoms with van der Waals surface area (Å²) in [6.45, 7) is 4.17. The van der Waals surface area contributed by atoms with Crippen LogP contribution in [-0.2, 0) is 6.42 Å². The highest BCUT2D eigenvalue weighted by atomic mass is 16.2. The summed E-state index contributed by atoms with van der Waals surface area (Å²) in [4.78, 5) is 33.8. The quantitative estimate of drug-likeness (QED) is 0.906. The molecule has 1 saturated carbocycles. The standard InChI is InChI=1S/C19H25N3O2/c1-3-13-4-6-15(7-5-13)17-16(18(23)22-19(24)21-17)11-14-8-9-20-12(2)10-14/h8-10,13,15H,3-7,11H2,1-2H3,(H2,21,22,23,24). The van der Waals surface area contributed by atoms with Crippen molar-refractivity contribution in [3.05, 3.63) is 61.7 Å². The van der Waals surface area contributed by atoms with E-state index in [2.05, 4.69) is 21.9 Å². The molecule has 0 aliphatic heterocycles. The molecule has 5 nitrogen and oxygen atoms in total. The molecule has 0 radical (unpaired) electrons. The molecule has 128 valence electrons. The Bertz CT molecular complexity index is 814. The molecule has 1 fully saturated rings. The number of rotatable bonds is 4. The van der Waals surface area contributed by atoms with Gasteiger partial charge in [0.15, 0.2) is 0 Å². The Morgan fingerprint density at radius 3 is 2.58 bits per heavy atom. The number of nitrogens with zero attached hydrogens (tertiary/aromatic N) is 1. The Hall–Kier alpha value is -2.17. The fourth-order valence-electron chi connectivity index (χ4n) is 3.83. The van der Waals surface area contributed by atoms with E-state index in [1.807, 2.05) is 19.1 Å². The van der Waals surface area contributed by atoms with Crippen molar-refractivity contribution in [1.29, 1.82) is 0 Å². The number of aromatic nitrogens is 3. The minimum absolute atomic E-state index is 0.263. The number of hydrogen-bond donors (Lipinski definition) is 2. The van der Waals surface area contributed by atoms with Gasteiger partial charge in [0.1, 0.15) is 0 Å². The number of hydrogen-bond acceptors (Lipinski definition) is 3. The SMILES string of the molecule is CCC1CCC(c2[nH]c(=O)[nH]c(=O)c2Cc2ccnc(C)c2)CC1. The fraction of sp³-hybridized carbons (Fsp3) is 0.526. The van der Waals surface area contributed by atoms with Gasteiger partial charge in [-0.3, -0.25) is 14.8 Å². The second-order valence-corrected chi connectivity index (χ2v) is 6.91. The Morgan fingerprint density at radius 1 is 1.17 bits per heavy atom. The minimum Gasteiger partial charge on any atom is -0.311 e. The van der Waals surface area contributed by atoms with Gasteiger partial charge in [0, 0.05) is 29.6 Å². The maximum absolute atomic E-state index is 12.4. The average molecular weight is 327 g/mol. The average Bonchev–Trinajstić information content (AvgIpc) is 2.57. The maximum atomic E-state index is 12.4. The molecule has 0 spiro atoms. The first-order valence-corrected chi connectivity index (χ1v) is 8.83. The van der Waals surface area contributed by atoms with Crippen LogP contribution < -0.4 is 11.2 Å². The lowest BCUT2D eigenvalue weighted by Crippen LogP contribution is -2.30. The van der Waals surface area contributed by atoms with Gasteiger partial charge >= 0.3 is 5.69 Å². The van der Waals surface area contributed by atoms with E-state index in [0.717, 1.165) is 35.7 Å². The number of aromatic amines is 2. The van der Waals surface area contributed by atoms with Gasteiger partial charge in [0.05, 0.1) is 0 Å². The molecule has 2 heterocycles. The lowest BCUT2D eigenvalue weighted by molar-refractivity contribution is 0.314. The summed E-state index contributed by atoms with van der Waals surface area (Å²) in [5.74, 6) is 1.06. The highest BCUT2D eigenvalue weighted by Gasteiger charge is 2.25. The highest BCUT2D eigenvalue weighted by molar-refractivity contribution is 5.29. The first-order valence-electron chi connectivity index (χ1n) is 8.83. The molecule has 1 aliphatic carbocycles. The van der Waals surface area contributed by atoms with E-state index in [4.69, 9.17) is 0 Å². The van der Waals surface area contributed by atoms with Gasteiger partial charge in [-0.1, -0.05) is 13.3 Å². The molecule has 2 aromatic rings. The molecule has 1 aliphatic rings. The molecule has 0 bridgehead atoms. The minimum atomic E-state index is -0.401. The largest absolute Gasteiger partial charge is 0.325 e. The van der Waals surface area contributed by atoms with Crippen molar-refractivity contribution in [2.45, 2.75) is 58.3 Å². The van der Waals surface area contributed by atoms with Crippen LogP contribution in [0.2, 0.25) is 0 Å². The third-order valence-corrected chi connectivity index (χ3v) is 5.25. The predicted molar refractivity (Wildman–Crippen MR) is 94.5 cm³/mol. The third kappa shape index (κ3) is 3.66. The van der Waals surface area contributed by atoms with Crippen LogP contribution in [0.4, 0.5) is 0 Å². The first-order chi connectivity index (χ1) is 11.6. The number of nitrogens with one attached hydrogen (secondary N) is 2. The summed E-state index contributed by atoms with van der Waals surface area (Å²) in [6, 6.07) is 3.91. The molecule has 3 rings (SSSR count). The number of pyridine rings is 1. The van der Waals surface area contributed by atoms with Crippen molar-refractivity contribution in [3.63, 3.8) is 0 Å². The molecule has 2 aromatic heterocycles. The summed E-state index contributed by atoms with van der Waals surface area (Å²) in [5, 5.41) is 0. The van der Waals surface area contributed by atoms with Gasteiger partial charge in [-0.25, -0.2) is 4.79 Å². The zero-order valence-electron chi connectivity index (χ0n) is 14.4. The van der Waals surface area contributed by atoms with Gasteiger partial charge in [0.2, 0.25) is 0 Å². The summed E-state index contributed by atoms with van der Waals surface area (Å²) < 4.78 is 0. The fourth-order valence-corrected chi connectivity index (χ4v) is 3.83. The molecular formula is C19H25N3O2. The van der Waals surface area contributed by atoms with Crippen LogP contribution in [0.5, 0.6) is 0 Å². The Kier molecular flexibility index (Phi) is 4.97. The molecule has 2 N–H and O–H groups in total. The summed E-state index contributed by atoms with van der Waals surface area (Å²) in [5.41, 5.74) is 2.85. The van der Waals surface area contributed by atoms with E-state index in [9.17, 15) is 9.59 Å². The highest BCUT2D eigenvalue weighted by Crippen LogP contribution is 2.36. The van der Waals surface area contributed by atoms with E-state index in [0.29, 0.717) is 12.0 Å². The molecular weight excluding hydrogens is 302 g/mol. The van der Waals surface area contributed by atoms with E-state index < -0.39 is 5.69 Å². The molecule has 0 saturated heterocycles. The maximum Gasteiger partial charge on any atom is 0.325 e. The molecule has 24 heavy (non-hydrogen) atoms. The molecule has 0 amide bonds. The lowest BCUT2D eigenvalue weighted by Gasteiger charge is -2.28. The van der Waals surface area contributed by atoms with Gasteiger partial charge in [-0.05, 0) is 62.1 Å². The number of aryl methyl sites for hydroxylation is 1. The van der Waals surface area contributed by atoms with Gasteiger partial charge in [0.25, 0.3) is 5.56 Å². The molecule has 0 aromatic carbocycles. The van der Waals surface area contributed by atoms with Gasteiger partial charge in [-0.2, -0.15) is 0 Å². The molecule has 0 atom stereocenters. The summed E-state index contributed by atoms with van der Waals surface area (Å²) in [7, 11) is 0. The van der Waals surface area contributed by atoms with Crippen molar-refractivity contribution in [2.75, 3.05) is 0 Å². The topological polar surface area (TPSA) is 78.6 Å². The van der Waals surface area contributed by atoms with Crippen molar-refractivity contribution in [3.8, 4) is 0 Å². The molecule has 5 heteroatoms. The van der Waals surface area contributed by atoms with E-state index >= 15 is 0 Å². The Balaban J connectivity index is 1.94. The van der Waals surface area contributed by atoms with Crippen LogP contribution in [-0.4, -0.2) is 15.0 Å². The van der Waals surface area contributed by atoms with Crippen LogP contribution in [0.15, 0.2) is 27.9 Å². The Labute approximate surface area is 141 Å². The van der Waals surface area contributed by atoms with Crippen LogP contribution in [0.3, 0.4) is 0 Å². The summed E-state index contributed by atoms with van der Waals surface area (Å²) in [6.07, 6.45) is 7.92. The van der Waals surface area contributed by atoms with Crippen LogP contribution in [0.25, 0.3) is 0 Å². The monoisotopic (exact) mass is 327 g/mol. The first kappa shape index (κ1) is 16.7. The molecule has 0 unspecified atom stereocenters. The van der Waals surface area contributed by atoms with Crippen LogP contribution in [0, 0.1) is 12.8 Å². The van der Waals surface area contributed by atoms with E-state index in [1.165, 1.54) is 19.3 Å². The zero-order valence-corrected chi connectivity index (χ0v) is 14.4. The van der Waals surface area contributed by atoms with Crippen LogP contribution in [0.1, 0.15) is 67.5 Å². The van der Waals surface area contributed by atoms with Gasteiger partial charge < -0.3 is 4.98 Å². The normalized spacial score (nSPS) is 20.9. The lowest BCUT2D eigenvalue weighted by atomic mass is 9.78. The second kappa shape index (κ2) is 7.16. The third-order valence-electron chi connectivity index (χ3n) is 5.25. The van der Waals surface area contributed by atoms with E-state index in [1.54, 1.807) is 6.20 Å². The van der Waals surface area contributed by atoms with Crippen molar-refractivity contribution in [2.24, 2.45) is 5.92 Å². The smallest absolute Gasteiger partial charge is 0.311 e. The predicted octanol–water partition coefficient (Wildman–Crippen LogP) is 3.04. The Morgan fingerprint density at radius 2 is 1.92 bits per heavy atom. The van der Waals surface area contributed by atoms with Crippen molar-refractivity contribution < 1.29 is 0 Å². The second-order valence-electron chi connectivity index (χ2n) is 6.91. The van der Waals surface area contributed by atoms with Crippen molar-refractivity contribution >= 4 is 0 Å². The van der Waals surface area contributed by atoms with Crippen LogP contribution >= 0.6 is 0 Å². The van der Waals surface area contributed by atoms with Gasteiger partial charge in [-0.15, -0.1) is 0 Å². The number of H-pyrrole nitrogens is 2. The zero-order chi connectivity index (χ0) is 17.1. The van der Waals surface area contributed by atoms with Crippen molar-refractivity contribution in [1.82, 2.24) is 15.0 Å².